The molecule has 0 aliphatic carbocycles. The Balaban J connectivity index is 0.546. The van der Waals surface area contributed by atoms with Gasteiger partial charge >= 0.3 is 0 Å². The van der Waals surface area contributed by atoms with Gasteiger partial charge in [0, 0.05) is 27.6 Å². The molecule has 0 spiro atoms. The van der Waals surface area contributed by atoms with Crippen LogP contribution in [-0.2, 0) is 35.4 Å². The summed E-state index contributed by atoms with van der Waals surface area (Å²) in [6.07, 6.45) is 4.02. The highest BCUT2D eigenvalue weighted by Crippen LogP contribution is 2.49. The van der Waals surface area contributed by atoms with E-state index < -0.39 is 19.9 Å². The van der Waals surface area contributed by atoms with E-state index in [4.69, 9.17) is 47.4 Å². The lowest BCUT2D eigenvalue weighted by atomic mass is 9.96. The number of aryl methyl sites for hydroxylation is 8. The van der Waals surface area contributed by atoms with Gasteiger partial charge in [-0.2, -0.15) is 0 Å². The fourth-order valence-electron chi connectivity index (χ4n) is 14.9. The first-order valence-electron chi connectivity index (χ1n) is 39.9. The van der Waals surface area contributed by atoms with Crippen LogP contribution in [0.25, 0.3) is 11.1 Å². The molecule has 0 bridgehead atoms. The SMILES string of the molecule is C=CCOc1ccc(OCc2ccc(Oc3ccc(CC(C)(C)Oc4c(C)cc(Oc5c(C)cc(-c6cc(C)c(Oc7cc(C)c(OCc8ccc(Oc9ccc(COc%10ccc(OCC=C)c(P(=O)(c%11ccccc%11)c%11ccccc%11)c%10)cc9)cc8)c(C)c7)c(C)c6)cc5C)cc4C)cc3)cc2)c(P(=O)(c2ccccc2)c2ccccc2)c1. The summed E-state index contributed by atoms with van der Waals surface area (Å²) in [5, 5.41) is 3.93. The summed E-state index contributed by atoms with van der Waals surface area (Å²) in [5.74, 6) is 9.72. The van der Waals surface area contributed by atoms with Gasteiger partial charge in [0.1, 0.15) is 119 Å². The van der Waals surface area contributed by atoms with Crippen LogP contribution in [0.3, 0.4) is 0 Å². The third-order valence-corrected chi connectivity index (χ3v) is 26.8. The average Bonchev–Trinajstić information content (AvgIpc) is 0.756. The summed E-state index contributed by atoms with van der Waals surface area (Å²) in [7, 11) is -6.77. The van der Waals surface area contributed by atoms with E-state index in [9.17, 15) is 0 Å². The van der Waals surface area contributed by atoms with Gasteiger partial charge in [0.15, 0.2) is 14.3 Å². The maximum Gasteiger partial charge on any atom is 0.174 e. The third-order valence-electron chi connectivity index (χ3n) is 20.7. The lowest BCUT2D eigenvalue weighted by Crippen LogP contribution is -2.31. The Kier molecular flexibility index (Phi) is 25.7. The summed E-state index contributed by atoms with van der Waals surface area (Å²) in [5.41, 5.74) is 13.6. The van der Waals surface area contributed by atoms with Crippen molar-refractivity contribution in [1.29, 1.82) is 0 Å². The molecule has 0 fully saturated rings. The van der Waals surface area contributed by atoms with Crippen molar-refractivity contribution in [3.63, 3.8) is 0 Å². The molecular weight excluding hydrogens is 1520 g/mol. The van der Waals surface area contributed by atoms with Crippen molar-refractivity contribution in [2.75, 3.05) is 13.2 Å². The second-order valence-electron chi connectivity index (χ2n) is 30.6. The molecule has 14 aromatic rings. The number of ether oxygens (including phenoxy) is 10. The third kappa shape index (κ3) is 19.7. The van der Waals surface area contributed by atoms with Gasteiger partial charge in [-0.25, -0.2) is 0 Å². The van der Waals surface area contributed by atoms with Crippen LogP contribution in [0, 0.1) is 55.4 Å². The molecule has 0 heterocycles. The molecule has 14 aromatic carbocycles. The molecule has 0 aliphatic heterocycles. The highest BCUT2D eigenvalue weighted by molar-refractivity contribution is 7.86. The van der Waals surface area contributed by atoms with E-state index in [1.54, 1.807) is 12.2 Å². The number of hydrogen-bond acceptors (Lipinski definition) is 12. The van der Waals surface area contributed by atoms with E-state index in [2.05, 4.69) is 117 Å². The molecule has 0 aliphatic rings. The Morgan fingerprint density at radius 1 is 0.286 bits per heavy atom. The predicted octanol–water partition coefficient (Wildman–Crippen LogP) is 24.5. The van der Waals surface area contributed by atoms with E-state index in [0.717, 1.165) is 112 Å². The Bertz CT molecular complexity index is 5830. The van der Waals surface area contributed by atoms with Crippen LogP contribution in [0.15, 0.2) is 329 Å². The van der Waals surface area contributed by atoms with Gasteiger partial charge < -0.3 is 56.5 Å². The summed E-state index contributed by atoms with van der Waals surface area (Å²) in [6.45, 7) is 30.0. The fourth-order valence-corrected chi connectivity index (χ4v) is 20.5. The molecule has 0 saturated heterocycles. The Morgan fingerprint density at radius 3 is 0.958 bits per heavy atom. The van der Waals surface area contributed by atoms with Crippen LogP contribution >= 0.6 is 14.3 Å². The molecule has 0 radical (unpaired) electrons. The van der Waals surface area contributed by atoms with E-state index in [0.29, 0.717) is 97.5 Å². The van der Waals surface area contributed by atoms with Gasteiger partial charge in [0.05, 0.1) is 10.6 Å². The standard InChI is InChI=1S/C105H98O12P2/c1-13-55-108-89-51-54-98(100(65-89)119(107,95-31-23-17-24-32-95)96-33-25-18-26-34-96)111-69-81-39-47-87(48-40-81)113-85-43-35-79(36-44-85)67-105(11,12)117-104-77(9)63-92(64-78(104)10)116-103-73(5)59-84(60-74(103)6)83-57-71(3)102(72(4)58-83)115-91-61-75(7)101(76(8)62-91)112-70-82-41-49-88(50-42-82)114-86-45-37-80(38-46-86)68-110-90-52-53-97(109-56-14-2)99(66-90)118(106,93-27-19-15-20-28-93)94-29-21-16-22-30-94/h13-54,57-66H,1-2,55-56,67-70H2,3-12H3. The van der Waals surface area contributed by atoms with Crippen LogP contribution in [0.2, 0.25) is 0 Å². The summed E-state index contributed by atoms with van der Waals surface area (Å²) in [6, 6.07) is 97.8. The molecule has 600 valence electrons. The predicted molar refractivity (Wildman–Crippen MR) is 483 cm³/mol. The van der Waals surface area contributed by atoms with Crippen molar-refractivity contribution in [3.05, 3.63) is 395 Å². The average molecular weight is 1610 g/mol. The van der Waals surface area contributed by atoms with Gasteiger partial charge in [-0.1, -0.05) is 195 Å². The summed E-state index contributed by atoms with van der Waals surface area (Å²) in [4.78, 5) is 0. The first-order chi connectivity index (χ1) is 57.6. The Morgan fingerprint density at radius 2 is 0.588 bits per heavy atom. The first kappa shape index (κ1) is 82.5. The minimum atomic E-state index is -3.40. The van der Waals surface area contributed by atoms with Crippen LogP contribution in [0.1, 0.15) is 80.6 Å². The largest absolute Gasteiger partial charge is 0.490 e. The van der Waals surface area contributed by atoms with E-state index in [-0.39, 0.29) is 19.8 Å². The maximum atomic E-state index is 15.5. The molecule has 14 heteroatoms. The smallest absolute Gasteiger partial charge is 0.174 e. The van der Waals surface area contributed by atoms with Crippen LogP contribution in [-0.4, -0.2) is 18.8 Å². The Labute approximate surface area is 699 Å². The van der Waals surface area contributed by atoms with Crippen molar-refractivity contribution in [2.45, 2.75) is 101 Å². The molecule has 0 atom stereocenters. The second-order valence-corrected chi connectivity index (χ2v) is 36.0. The second kappa shape index (κ2) is 37.1. The lowest BCUT2D eigenvalue weighted by Gasteiger charge is -2.29. The first-order valence-corrected chi connectivity index (χ1v) is 43.3. The summed E-state index contributed by atoms with van der Waals surface area (Å²) < 4.78 is 95.3. The van der Waals surface area contributed by atoms with E-state index in [1.807, 2.05) is 269 Å². The number of hydrogen-bond donors (Lipinski definition) is 0. The van der Waals surface area contributed by atoms with Crippen LogP contribution in [0.4, 0.5) is 0 Å². The maximum absolute atomic E-state index is 15.5. The van der Waals surface area contributed by atoms with Gasteiger partial charge in [0.2, 0.25) is 0 Å². The molecule has 14 rings (SSSR count). The van der Waals surface area contributed by atoms with Gasteiger partial charge in [-0.3, -0.25) is 0 Å². The quantitative estimate of drug-likeness (QED) is 0.0281. The molecule has 0 aromatic heterocycles. The van der Waals surface area contributed by atoms with Crippen LogP contribution in [0.5, 0.6) is 80.5 Å². The van der Waals surface area contributed by atoms with Crippen molar-refractivity contribution in [1.82, 2.24) is 0 Å². The molecule has 0 amide bonds. The minimum Gasteiger partial charge on any atom is -0.490 e. The normalized spacial score (nSPS) is 11.4. The molecule has 119 heavy (non-hydrogen) atoms. The van der Waals surface area contributed by atoms with Gasteiger partial charge in [-0.15, -0.1) is 0 Å². The molecule has 12 nitrogen and oxygen atoms in total. The zero-order valence-electron chi connectivity index (χ0n) is 69.0. The minimum absolute atomic E-state index is 0.241. The summed E-state index contributed by atoms with van der Waals surface area (Å²) >= 11 is 0. The van der Waals surface area contributed by atoms with Crippen LogP contribution < -0.4 is 79.2 Å². The number of benzene rings is 14. The van der Waals surface area contributed by atoms with E-state index in [1.165, 1.54) is 0 Å². The molecule has 0 saturated carbocycles. The fraction of sp³-hybridized carbons (Fsp3) is 0.162. The van der Waals surface area contributed by atoms with Gasteiger partial charge in [0.25, 0.3) is 0 Å². The molecule has 0 unspecified atom stereocenters. The molecular formula is C105H98O12P2. The zero-order valence-corrected chi connectivity index (χ0v) is 70.8. The highest BCUT2D eigenvalue weighted by Gasteiger charge is 2.36. The number of rotatable bonds is 34. The van der Waals surface area contributed by atoms with Crippen molar-refractivity contribution in [2.24, 2.45) is 0 Å². The van der Waals surface area contributed by atoms with Crippen molar-refractivity contribution in [3.8, 4) is 91.6 Å². The zero-order chi connectivity index (χ0) is 83.2. The lowest BCUT2D eigenvalue weighted by molar-refractivity contribution is 0.108. The molecule has 0 N–H and O–H groups in total. The Hall–Kier alpha value is -13.0. The highest BCUT2D eigenvalue weighted by atomic mass is 31.2. The van der Waals surface area contributed by atoms with Crippen molar-refractivity contribution >= 4 is 46.1 Å². The van der Waals surface area contributed by atoms with Crippen molar-refractivity contribution < 1.29 is 56.5 Å². The van der Waals surface area contributed by atoms with E-state index >= 15 is 9.13 Å². The monoisotopic (exact) mass is 1610 g/mol. The van der Waals surface area contributed by atoms with Gasteiger partial charge in [-0.05, 0) is 281 Å². The topological polar surface area (TPSA) is 126 Å².